The maximum Gasteiger partial charge on any atom is 0.0697 e. The first-order valence-electron chi connectivity index (χ1n) is 5.32. The van der Waals surface area contributed by atoms with Crippen molar-refractivity contribution in [1.29, 1.82) is 0 Å². The lowest BCUT2D eigenvalue weighted by Gasteiger charge is -2.06. The van der Waals surface area contributed by atoms with Crippen molar-refractivity contribution in [1.82, 2.24) is 10.3 Å². The van der Waals surface area contributed by atoms with Crippen LogP contribution in [0.25, 0.3) is 0 Å². The second kappa shape index (κ2) is 8.47. The Labute approximate surface area is 101 Å². The number of hydrogen-bond acceptors (Lipinski definition) is 4. The maximum absolute atomic E-state index is 8.49. The predicted octanol–water partition coefficient (Wildman–Crippen LogP) is 1.22. The predicted molar refractivity (Wildman–Crippen MR) is 63.5 cm³/mol. The van der Waals surface area contributed by atoms with Crippen LogP contribution in [0.1, 0.15) is 12.0 Å². The van der Waals surface area contributed by atoms with Crippen LogP contribution in [0.3, 0.4) is 0 Å². The molecule has 0 fully saturated rings. The number of nitrogens with zero attached hydrogens (tertiary/aromatic N) is 1. The SMILES string of the molecule is OCCOCCCNCc1ccncc1Cl. The van der Waals surface area contributed by atoms with Gasteiger partial charge in [-0.15, -0.1) is 0 Å². The van der Waals surface area contributed by atoms with E-state index in [4.69, 9.17) is 21.4 Å². The number of ether oxygens (including phenoxy) is 1. The highest BCUT2D eigenvalue weighted by atomic mass is 35.5. The third-order valence-corrected chi connectivity index (χ3v) is 2.39. The molecule has 0 spiro atoms. The molecule has 90 valence electrons. The summed E-state index contributed by atoms with van der Waals surface area (Å²) in [5.41, 5.74) is 1.05. The van der Waals surface area contributed by atoms with Crippen LogP contribution >= 0.6 is 11.6 Å². The molecule has 1 aromatic rings. The van der Waals surface area contributed by atoms with Crippen LogP contribution in [0, 0.1) is 0 Å². The van der Waals surface area contributed by atoms with Gasteiger partial charge in [-0.05, 0) is 24.6 Å². The Kier molecular flexibility index (Phi) is 7.09. The van der Waals surface area contributed by atoms with Crippen LogP contribution in [-0.4, -0.2) is 36.5 Å². The molecule has 0 aliphatic rings. The summed E-state index contributed by atoms with van der Waals surface area (Å²) in [7, 11) is 0. The van der Waals surface area contributed by atoms with Gasteiger partial charge in [0.15, 0.2) is 0 Å². The monoisotopic (exact) mass is 244 g/mol. The number of aliphatic hydroxyl groups is 1. The van der Waals surface area contributed by atoms with Gasteiger partial charge >= 0.3 is 0 Å². The molecule has 1 rings (SSSR count). The number of rotatable bonds is 8. The van der Waals surface area contributed by atoms with Gasteiger partial charge in [0.2, 0.25) is 0 Å². The quantitative estimate of drug-likeness (QED) is 0.676. The number of halogens is 1. The third kappa shape index (κ3) is 5.42. The van der Waals surface area contributed by atoms with E-state index in [1.807, 2.05) is 6.07 Å². The van der Waals surface area contributed by atoms with Crippen LogP contribution in [0.15, 0.2) is 18.5 Å². The van der Waals surface area contributed by atoms with Gasteiger partial charge in [0.25, 0.3) is 0 Å². The maximum atomic E-state index is 8.49. The molecule has 0 atom stereocenters. The Balaban J connectivity index is 2.05. The summed E-state index contributed by atoms with van der Waals surface area (Å²) in [5, 5.41) is 12.4. The lowest BCUT2D eigenvalue weighted by molar-refractivity contribution is 0.0907. The first-order valence-corrected chi connectivity index (χ1v) is 5.70. The van der Waals surface area contributed by atoms with Gasteiger partial charge in [0.1, 0.15) is 0 Å². The smallest absolute Gasteiger partial charge is 0.0697 e. The van der Waals surface area contributed by atoms with Crippen LogP contribution in [0.5, 0.6) is 0 Å². The molecule has 0 aliphatic carbocycles. The second-order valence-electron chi connectivity index (χ2n) is 3.33. The second-order valence-corrected chi connectivity index (χ2v) is 3.74. The zero-order chi connectivity index (χ0) is 11.6. The number of hydrogen-bond donors (Lipinski definition) is 2. The van der Waals surface area contributed by atoms with Crippen molar-refractivity contribution in [2.45, 2.75) is 13.0 Å². The fraction of sp³-hybridized carbons (Fsp3) is 0.545. The lowest BCUT2D eigenvalue weighted by Crippen LogP contribution is -2.17. The normalized spacial score (nSPS) is 10.6. The molecule has 0 bridgehead atoms. The summed E-state index contributed by atoms with van der Waals surface area (Å²) in [6.45, 7) is 2.76. The van der Waals surface area contributed by atoms with Crippen molar-refractivity contribution in [3.05, 3.63) is 29.0 Å². The van der Waals surface area contributed by atoms with E-state index in [0.29, 0.717) is 18.2 Å². The number of aromatic nitrogens is 1. The molecule has 0 unspecified atom stereocenters. The average Bonchev–Trinajstić information content (AvgIpc) is 2.30. The topological polar surface area (TPSA) is 54.4 Å². The molecule has 1 aromatic heterocycles. The van der Waals surface area contributed by atoms with Crippen molar-refractivity contribution < 1.29 is 9.84 Å². The van der Waals surface area contributed by atoms with Gasteiger partial charge in [-0.25, -0.2) is 0 Å². The summed E-state index contributed by atoms with van der Waals surface area (Å²) in [4.78, 5) is 3.92. The molecule has 0 saturated carbocycles. The van der Waals surface area contributed by atoms with E-state index in [-0.39, 0.29) is 6.61 Å². The summed E-state index contributed by atoms with van der Waals surface area (Å²) in [6.07, 6.45) is 4.29. The molecule has 0 radical (unpaired) electrons. The van der Waals surface area contributed by atoms with Gasteiger partial charge in [0, 0.05) is 25.5 Å². The molecular formula is C11H17ClN2O2. The van der Waals surface area contributed by atoms with Crippen molar-refractivity contribution in [3.63, 3.8) is 0 Å². The minimum Gasteiger partial charge on any atom is -0.394 e. The Bertz CT molecular complexity index is 297. The van der Waals surface area contributed by atoms with Gasteiger partial charge in [0.05, 0.1) is 18.2 Å². The van der Waals surface area contributed by atoms with Gasteiger partial charge < -0.3 is 15.2 Å². The van der Waals surface area contributed by atoms with Crippen molar-refractivity contribution in [2.24, 2.45) is 0 Å². The van der Waals surface area contributed by atoms with Crippen LogP contribution in [-0.2, 0) is 11.3 Å². The van der Waals surface area contributed by atoms with E-state index in [1.54, 1.807) is 12.4 Å². The fourth-order valence-corrected chi connectivity index (χ4v) is 1.42. The van der Waals surface area contributed by atoms with E-state index in [1.165, 1.54) is 0 Å². The Morgan fingerprint density at radius 2 is 2.31 bits per heavy atom. The zero-order valence-corrected chi connectivity index (χ0v) is 9.91. The summed E-state index contributed by atoms with van der Waals surface area (Å²) < 4.78 is 5.13. The molecule has 16 heavy (non-hydrogen) atoms. The number of aliphatic hydroxyl groups excluding tert-OH is 1. The molecule has 0 aliphatic heterocycles. The highest BCUT2D eigenvalue weighted by Gasteiger charge is 1.98. The molecule has 5 heteroatoms. The van der Waals surface area contributed by atoms with E-state index in [2.05, 4.69) is 10.3 Å². The Morgan fingerprint density at radius 1 is 1.44 bits per heavy atom. The first kappa shape index (κ1) is 13.4. The van der Waals surface area contributed by atoms with E-state index >= 15 is 0 Å². The molecule has 0 aromatic carbocycles. The minimum absolute atomic E-state index is 0.0834. The largest absolute Gasteiger partial charge is 0.394 e. The van der Waals surface area contributed by atoms with Gasteiger partial charge in [-0.1, -0.05) is 11.6 Å². The Morgan fingerprint density at radius 3 is 3.06 bits per heavy atom. The standard InChI is InChI=1S/C11H17ClN2O2/c12-11-9-14-4-2-10(11)8-13-3-1-6-16-7-5-15/h2,4,9,13,15H,1,3,5-8H2. The molecule has 0 saturated heterocycles. The zero-order valence-electron chi connectivity index (χ0n) is 9.16. The van der Waals surface area contributed by atoms with Gasteiger partial charge in [-0.3, -0.25) is 4.98 Å². The lowest BCUT2D eigenvalue weighted by atomic mass is 10.2. The van der Waals surface area contributed by atoms with E-state index in [0.717, 1.165) is 25.1 Å². The minimum atomic E-state index is 0.0834. The van der Waals surface area contributed by atoms with Crippen molar-refractivity contribution in [2.75, 3.05) is 26.4 Å². The van der Waals surface area contributed by atoms with Gasteiger partial charge in [-0.2, -0.15) is 0 Å². The number of pyridine rings is 1. The molecular weight excluding hydrogens is 228 g/mol. The Hall–Kier alpha value is -0.680. The first-order chi connectivity index (χ1) is 7.84. The molecule has 1 heterocycles. The average molecular weight is 245 g/mol. The molecule has 2 N–H and O–H groups in total. The summed E-state index contributed by atoms with van der Waals surface area (Å²) in [5.74, 6) is 0. The number of nitrogens with one attached hydrogen (secondary N) is 1. The van der Waals surface area contributed by atoms with Crippen LogP contribution in [0.4, 0.5) is 0 Å². The molecule has 4 nitrogen and oxygen atoms in total. The highest BCUT2D eigenvalue weighted by Crippen LogP contribution is 2.12. The van der Waals surface area contributed by atoms with E-state index in [9.17, 15) is 0 Å². The van der Waals surface area contributed by atoms with Crippen LogP contribution < -0.4 is 5.32 Å². The third-order valence-electron chi connectivity index (χ3n) is 2.05. The van der Waals surface area contributed by atoms with E-state index < -0.39 is 0 Å². The molecule has 0 amide bonds. The van der Waals surface area contributed by atoms with Crippen LogP contribution in [0.2, 0.25) is 5.02 Å². The highest BCUT2D eigenvalue weighted by molar-refractivity contribution is 6.31. The van der Waals surface area contributed by atoms with Crippen molar-refractivity contribution >= 4 is 11.6 Å². The summed E-state index contributed by atoms with van der Waals surface area (Å²) >= 11 is 5.95. The summed E-state index contributed by atoms with van der Waals surface area (Å²) in [6, 6.07) is 1.90. The van der Waals surface area contributed by atoms with Crippen molar-refractivity contribution in [3.8, 4) is 0 Å². The fourth-order valence-electron chi connectivity index (χ4n) is 1.24.